The first-order valence-electron chi connectivity index (χ1n) is 10.4. The second kappa shape index (κ2) is 8.84. The Kier molecular flexibility index (Phi) is 5.72. The monoisotopic (exact) mass is 492 g/mol. The van der Waals surface area contributed by atoms with Crippen LogP contribution in [0.5, 0.6) is 0 Å². The molecule has 34 heavy (non-hydrogen) atoms. The Morgan fingerprint density at radius 3 is 2.76 bits per heavy atom. The summed E-state index contributed by atoms with van der Waals surface area (Å²) in [6.45, 7) is 4.05. The fraction of sp³-hybridized carbons (Fsp3) is 0.174. The highest BCUT2D eigenvalue weighted by molar-refractivity contribution is 7.14. The maximum absolute atomic E-state index is 13.3. The zero-order valence-corrected chi connectivity index (χ0v) is 20.2. The third-order valence-electron chi connectivity index (χ3n) is 5.18. The van der Waals surface area contributed by atoms with Crippen molar-refractivity contribution >= 4 is 50.7 Å². The summed E-state index contributed by atoms with van der Waals surface area (Å²) in [7, 11) is 1.32. The van der Waals surface area contributed by atoms with Crippen LogP contribution in [0.4, 0.5) is 5.13 Å². The number of rotatable bonds is 6. The molecule has 0 unspecified atom stereocenters. The predicted octanol–water partition coefficient (Wildman–Crippen LogP) is 5.23. The van der Waals surface area contributed by atoms with Gasteiger partial charge in [-0.15, -0.1) is 22.7 Å². The Hall–Kier alpha value is -3.83. The number of carbonyl (C=O) groups excluding carboxylic acids is 2. The minimum Gasteiger partial charge on any atom is -0.464 e. The molecule has 0 radical (unpaired) electrons. The molecule has 5 aromatic rings. The smallest absolute Gasteiger partial charge is 0.354 e. The molecule has 0 aliphatic heterocycles. The summed E-state index contributed by atoms with van der Waals surface area (Å²) in [5, 5.41) is 12.3. The van der Waals surface area contributed by atoms with Gasteiger partial charge >= 0.3 is 5.97 Å². The van der Waals surface area contributed by atoms with E-state index in [1.54, 1.807) is 35.9 Å². The highest BCUT2D eigenvalue weighted by Crippen LogP contribution is 2.30. The van der Waals surface area contributed by atoms with Crippen molar-refractivity contribution in [3.05, 3.63) is 58.7 Å². The number of methoxy groups -OCH3 is 1. The number of H-pyrrole nitrogens is 1. The molecule has 0 atom stereocenters. The third kappa shape index (κ3) is 3.99. The fourth-order valence-electron chi connectivity index (χ4n) is 3.53. The normalized spacial score (nSPS) is 11.3. The van der Waals surface area contributed by atoms with E-state index in [0.717, 1.165) is 16.1 Å². The molecule has 0 fully saturated rings. The minimum absolute atomic E-state index is 0.0947. The summed E-state index contributed by atoms with van der Waals surface area (Å²) in [5.74, 6) is -0.751. The number of nitrogens with one attached hydrogen (secondary N) is 2. The van der Waals surface area contributed by atoms with Gasteiger partial charge in [0.1, 0.15) is 5.69 Å². The van der Waals surface area contributed by atoms with E-state index >= 15 is 0 Å². The summed E-state index contributed by atoms with van der Waals surface area (Å²) in [6.07, 6.45) is 3.35. The molecule has 5 aromatic heterocycles. The first kappa shape index (κ1) is 22.0. The minimum atomic E-state index is -0.458. The van der Waals surface area contributed by atoms with Crippen molar-refractivity contribution in [2.24, 2.45) is 0 Å². The number of fused-ring (bicyclic) bond motifs is 1. The highest BCUT2D eigenvalue weighted by Gasteiger charge is 2.20. The average Bonchev–Trinajstić information content (AvgIpc) is 3.62. The van der Waals surface area contributed by atoms with Crippen molar-refractivity contribution in [1.29, 1.82) is 0 Å². The molecule has 5 rings (SSSR count). The number of carbonyl (C=O) groups is 2. The fourth-order valence-corrected chi connectivity index (χ4v) is 4.93. The van der Waals surface area contributed by atoms with Gasteiger partial charge in [0, 0.05) is 23.2 Å². The Labute approximate surface area is 202 Å². The molecule has 0 saturated heterocycles. The number of aromatic amines is 1. The van der Waals surface area contributed by atoms with Gasteiger partial charge in [-0.05, 0) is 37.4 Å². The largest absolute Gasteiger partial charge is 0.464 e. The van der Waals surface area contributed by atoms with Crippen LogP contribution >= 0.6 is 22.7 Å². The molecule has 0 bridgehead atoms. The summed E-state index contributed by atoms with van der Waals surface area (Å²) in [4.78, 5) is 38.2. The van der Waals surface area contributed by atoms with Crippen LogP contribution in [-0.4, -0.2) is 43.7 Å². The summed E-state index contributed by atoms with van der Waals surface area (Å²) in [6, 6.07) is 7.47. The van der Waals surface area contributed by atoms with Gasteiger partial charge in [0.15, 0.2) is 10.8 Å². The Bertz CT molecular complexity index is 1500. The van der Waals surface area contributed by atoms with Gasteiger partial charge in [0.2, 0.25) is 0 Å². The van der Waals surface area contributed by atoms with Crippen LogP contribution in [0.25, 0.3) is 32.9 Å². The second-order valence-corrected chi connectivity index (χ2v) is 9.54. The van der Waals surface area contributed by atoms with Gasteiger partial charge in [0.25, 0.3) is 5.91 Å². The number of ether oxygens (including phenoxy) is 1. The number of hydrogen-bond donors (Lipinski definition) is 2. The van der Waals surface area contributed by atoms with Crippen molar-refractivity contribution in [2.75, 3.05) is 12.4 Å². The number of nitrogens with zero attached hydrogens (tertiary/aromatic N) is 4. The number of amides is 1. The zero-order valence-electron chi connectivity index (χ0n) is 18.5. The lowest BCUT2D eigenvalue weighted by atomic mass is 10.1. The van der Waals surface area contributed by atoms with E-state index in [1.807, 2.05) is 41.4 Å². The van der Waals surface area contributed by atoms with Crippen molar-refractivity contribution < 1.29 is 14.3 Å². The van der Waals surface area contributed by atoms with Crippen LogP contribution in [0.1, 0.15) is 40.7 Å². The first-order chi connectivity index (χ1) is 16.4. The first-order valence-corrected chi connectivity index (χ1v) is 12.2. The lowest BCUT2D eigenvalue weighted by Crippen LogP contribution is -2.13. The van der Waals surface area contributed by atoms with E-state index in [0.29, 0.717) is 33.1 Å². The molecule has 11 heteroatoms. The molecule has 0 aliphatic carbocycles. The highest BCUT2D eigenvalue weighted by atomic mass is 32.1. The van der Waals surface area contributed by atoms with Crippen LogP contribution in [0, 0.1) is 0 Å². The molecule has 0 aliphatic rings. The molecule has 5 heterocycles. The van der Waals surface area contributed by atoms with Gasteiger partial charge in [-0.25, -0.2) is 19.4 Å². The maximum atomic E-state index is 13.3. The SMILES string of the molecule is COC(=O)c1cc(-c2csc(NC(=O)c3cc(-c4cccs4)nc4c3cnn4C(C)C)n2)c[nH]1. The van der Waals surface area contributed by atoms with Crippen LogP contribution < -0.4 is 5.32 Å². The lowest BCUT2D eigenvalue weighted by Gasteiger charge is -2.09. The molecule has 9 nitrogen and oxygen atoms in total. The van der Waals surface area contributed by atoms with Gasteiger partial charge in [0.05, 0.1) is 40.5 Å². The van der Waals surface area contributed by atoms with Crippen molar-refractivity contribution in [3.8, 4) is 21.8 Å². The van der Waals surface area contributed by atoms with Gasteiger partial charge in [-0.2, -0.15) is 5.10 Å². The zero-order chi connectivity index (χ0) is 23.8. The van der Waals surface area contributed by atoms with Gasteiger partial charge < -0.3 is 9.72 Å². The van der Waals surface area contributed by atoms with Crippen molar-refractivity contribution in [1.82, 2.24) is 24.7 Å². The molecular weight excluding hydrogens is 472 g/mol. The second-order valence-electron chi connectivity index (χ2n) is 7.74. The molecule has 0 spiro atoms. The van der Waals surface area contributed by atoms with Crippen LogP contribution in [-0.2, 0) is 4.74 Å². The number of pyridine rings is 1. The summed E-state index contributed by atoms with van der Waals surface area (Å²) < 4.78 is 6.54. The third-order valence-corrected chi connectivity index (χ3v) is 6.83. The Morgan fingerprint density at radius 2 is 2.03 bits per heavy atom. The quantitative estimate of drug-likeness (QED) is 0.314. The molecule has 0 saturated carbocycles. The van der Waals surface area contributed by atoms with E-state index in [4.69, 9.17) is 9.72 Å². The topological polar surface area (TPSA) is 115 Å². The molecule has 0 aromatic carbocycles. The Balaban J connectivity index is 1.47. The van der Waals surface area contributed by atoms with E-state index in [9.17, 15) is 9.59 Å². The number of hydrogen-bond acceptors (Lipinski definition) is 8. The van der Waals surface area contributed by atoms with E-state index in [-0.39, 0.29) is 11.9 Å². The molecule has 172 valence electrons. The maximum Gasteiger partial charge on any atom is 0.354 e. The summed E-state index contributed by atoms with van der Waals surface area (Å²) in [5.41, 5.74) is 3.55. The van der Waals surface area contributed by atoms with Crippen molar-refractivity contribution in [2.45, 2.75) is 19.9 Å². The molecule has 2 N–H and O–H groups in total. The lowest BCUT2D eigenvalue weighted by molar-refractivity contribution is 0.0594. The standard InChI is InChI=1S/C23H20N6O3S2/c1-12(2)29-20-15(10-25-29)14(8-16(26-20)19-5-4-6-33-19)21(30)28-23-27-18(11-34-23)13-7-17(24-9-13)22(31)32-3/h4-12,24H,1-3H3,(H,27,28,30). The Morgan fingerprint density at radius 1 is 1.18 bits per heavy atom. The van der Waals surface area contributed by atoms with E-state index in [1.165, 1.54) is 18.4 Å². The van der Waals surface area contributed by atoms with Gasteiger partial charge in [-0.1, -0.05) is 6.07 Å². The van der Waals surface area contributed by atoms with Gasteiger partial charge in [-0.3, -0.25) is 10.1 Å². The number of thiazole rings is 1. The van der Waals surface area contributed by atoms with Crippen molar-refractivity contribution in [3.63, 3.8) is 0 Å². The average molecular weight is 493 g/mol. The number of esters is 1. The summed E-state index contributed by atoms with van der Waals surface area (Å²) >= 11 is 2.86. The van der Waals surface area contributed by atoms with E-state index in [2.05, 4.69) is 20.4 Å². The number of aromatic nitrogens is 5. The number of thiophene rings is 1. The van der Waals surface area contributed by atoms with E-state index < -0.39 is 5.97 Å². The molecule has 1 amide bonds. The number of anilines is 1. The predicted molar refractivity (Wildman–Crippen MR) is 132 cm³/mol. The van der Waals surface area contributed by atoms with Crippen LogP contribution in [0.3, 0.4) is 0 Å². The van der Waals surface area contributed by atoms with Crippen LogP contribution in [0.2, 0.25) is 0 Å². The molecular formula is C23H20N6O3S2. The van der Waals surface area contributed by atoms with Crippen LogP contribution in [0.15, 0.2) is 47.4 Å².